The third kappa shape index (κ3) is 3.55. The maximum atomic E-state index is 11.9. The summed E-state index contributed by atoms with van der Waals surface area (Å²) in [5.41, 5.74) is 0.444. The molecule has 0 spiro atoms. The SMILES string of the molecule is COC(=O)c1cc[n+](C(=O)OC(C)(C)C)c(C)c1. The van der Waals surface area contributed by atoms with Gasteiger partial charge in [-0.1, -0.05) is 4.57 Å². The summed E-state index contributed by atoms with van der Waals surface area (Å²) in [5, 5.41) is 0. The van der Waals surface area contributed by atoms with Crippen LogP contribution in [0, 0.1) is 6.92 Å². The van der Waals surface area contributed by atoms with Crippen molar-refractivity contribution in [2.24, 2.45) is 0 Å². The number of carbonyl (C=O) groups is 2. The van der Waals surface area contributed by atoms with Crippen molar-refractivity contribution in [1.29, 1.82) is 0 Å². The Hall–Kier alpha value is -1.91. The van der Waals surface area contributed by atoms with E-state index in [0.29, 0.717) is 11.3 Å². The first kappa shape index (κ1) is 14.2. The van der Waals surface area contributed by atoms with Crippen LogP contribution in [0.3, 0.4) is 0 Å². The predicted molar refractivity (Wildman–Crippen MR) is 64.3 cm³/mol. The summed E-state index contributed by atoms with van der Waals surface area (Å²) in [7, 11) is 1.31. The Kier molecular flexibility index (Phi) is 4.06. The van der Waals surface area contributed by atoms with Crippen LogP contribution in [0.4, 0.5) is 4.79 Å². The van der Waals surface area contributed by atoms with Gasteiger partial charge in [0, 0.05) is 19.1 Å². The van der Waals surface area contributed by atoms with Crippen LogP contribution in [0.15, 0.2) is 18.3 Å². The molecule has 0 saturated heterocycles. The lowest BCUT2D eigenvalue weighted by Crippen LogP contribution is -2.48. The van der Waals surface area contributed by atoms with Crippen molar-refractivity contribution in [3.8, 4) is 0 Å². The topological polar surface area (TPSA) is 56.5 Å². The Morgan fingerprint density at radius 1 is 1.28 bits per heavy atom. The number of hydrogen-bond acceptors (Lipinski definition) is 4. The van der Waals surface area contributed by atoms with E-state index in [4.69, 9.17) is 4.74 Å². The van der Waals surface area contributed by atoms with E-state index >= 15 is 0 Å². The van der Waals surface area contributed by atoms with E-state index in [0.717, 1.165) is 0 Å². The van der Waals surface area contributed by atoms with Gasteiger partial charge in [-0.15, -0.1) is 0 Å². The number of hydrogen-bond donors (Lipinski definition) is 0. The van der Waals surface area contributed by atoms with Gasteiger partial charge in [0.25, 0.3) is 0 Å². The molecule has 1 rings (SSSR count). The number of ether oxygens (including phenoxy) is 2. The molecule has 0 atom stereocenters. The molecule has 1 aromatic rings. The summed E-state index contributed by atoms with van der Waals surface area (Å²) in [5.74, 6) is -0.436. The highest BCUT2D eigenvalue weighted by Crippen LogP contribution is 2.07. The minimum atomic E-state index is -0.558. The summed E-state index contributed by atoms with van der Waals surface area (Å²) in [6.07, 6.45) is 1.02. The van der Waals surface area contributed by atoms with Crippen LogP contribution < -0.4 is 4.57 Å². The first-order valence-electron chi connectivity index (χ1n) is 5.58. The maximum absolute atomic E-state index is 11.9. The number of esters is 1. The molecule has 0 N–H and O–H groups in total. The summed E-state index contributed by atoms with van der Waals surface area (Å²) in [6, 6.07) is 3.10. The van der Waals surface area contributed by atoms with Gasteiger partial charge in [-0.05, 0) is 20.8 Å². The number of aryl methyl sites for hydroxylation is 1. The number of nitrogens with zero attached hydrogens (tertiary/aromatic N) is 1. The van der Waals surface area contributed by atoms with Crippen molar-refractivity contribution >= 4 is 12.1 Å². The quantitative estimate of drug-likeness (QED) is 0.565. The molecule has 0 bridgehead atoms. The minimum absolute atomic E-state index is 0.398. The average molecular weight is 252 g/mol. The second kappa shape index (κ2) is 5.16. The summed E-state index contributed by atoms with van der Waals surface area (Å²) in [6.45, 7) is 7.10. The number of methoxy groups -OCH3 is 1. The molecule has 5 nitrogen and oxygen atoms in total. The van der Waals surface area contributed by atoms with Crippen LogP contribution in [0.2, 0.25) is 0 Å². The fourth-order valence-electron chi connectivity index (χ4n) is 1.38. The lowest BCUT2D eigenvalue weighted by molar-refractivity contribution is -0.595. The van der Waals surface area contributed by atoms with Gasteiger partial charge < -0.3 is 9.47 Å². The highest BCUT2D eigenvalue weighted by atomic mass is 16.6. The first-order valence-corrected chi connectivity index (χ1v) is 5.58. The van der Waals surface area contributed by atoms with Crippen LogP contribution in [0.25, 0.3) is 0 Å². The Bertz CT molecular complexity index is 474. The van der Waals surface area contributed by atoms with E-state index in [1.807, 2.05) is 0 Å². The third-order valence-electron chi connectivity index (χ3n) is 2.16. The van der Waals surface area contributed by atoms with Gasteiger partial charge in [0.2, 0.25) is 0 Å². The normalized spacial score (nSPS) is 10.9. The molecular weight excluding hydrogens is 234 g/mol. The van der Waals surface area contributed by atoms with Gasteiger partial charge in [-0.2, -0.15) is 4.79 Å². The van der Waals surface area contributed by atoms with Gasteiger partial charge in [-0.25, -0.2) is 4.79 Å². The van der Waals surface area contributed by atoms with Gasteiger partial charge in [0.1, 0.15) is 5.60 Å². The molecule has 0 saturated carbocycles. The van der Waals surface area contributed by atoms with E-state index in [2.05, 4.69) is 4.74 Å². The monoisotopic (exact) mass is 252 g/mol. The molecule has 0 aromatic carbocycles. The van der Waals surface area contributed by atoms with Crippen LogP contribution >= 0.6 is 0 Å². The van der Waals surface area contributed by atoms with Crippen LogP contribution in [-0.2, 0) is 9.47 Å². The van der Waals surface area contributed by atoms with Crippen LogP contribution in [-0.4, -0.2) is 24.8 Å². The molecule has 5 heteroatoms. The summed E-state index contributed by atoms with van der Waals surface area (Å²) >= 11 is 0. The van der Waals surface area contributed by atoms with Crippen LogP contribution in [0.5, 0.6) is 0 Å². The molecule has 0 aliphatic rings. The smallest absolute Gasteiger partial charge is 0.465 e. The second-order valence-electron chi connectivity index (χ2n) is 4.90. The average Bonchev–Trinajstić information content (AvgIpc) is 2.25. The Balaban J connectivity index is 2.99. The maximum Gasteiger partial charge on any atom is 0.602 e. The molecule has 1 aromatic heterocycles. The molecule has 98 valence electrons. The third-order valence-corrected chi connectivity index (χ3v) is 2.16. The molecule has 0 aliphatic heterocycles. The van der Waals surface area contributed by atoms with E-state index in [1.165, 1.54) is 23.9 Å². The number of aromatic nitrogens is 1. The van der Waals surface area contributed by atoms with Gasteiger partial charge in [0.05, 0.1) is 12.7 Å². The molecule has 18 heavy (non-hydrogen) atoms. The molecular formula is C13H18NO4+. The van der Waals surface area contributed by atoms with Gasteiger partial charge in [0.15, 0.2) is 11.9 Å². The highest BCUT2D eigenvalue weighted by molar-refractivity contribution is 5.89. The van der Waals surface area contributed by atoms with Crippen molar-refractivity contribution < 1.29 is 23.6 Å². The first-order chi connectivity index (χ1) is 8.24. The number of carbonyl (C=O) groups excluding carboxylic acids is 2. The molecule has 0 radical (unpaired) electrons. The zero-order valence-electron chi connectivity index (χ0n) is 11.3. The lowest BCUT2D eigenvalue weighted by Gasteiger charge is -2.16. The minimum Gasteiger partial charge on any atom is -0.465 e. The molecule has 0 amide bonds. The predicted octanol–water partition coefficient (Wildman–Crippen LogP) is 1.85. The highest BCUT2D eigenvalue weighted by Gasteiger charge is 2.26. The second-order valence-corrected chi connectivity index (χ2v) is 4.90. The Labute approximate surface area is 106 Å². The number of pyridine rings is 1. The van der Waals surface area contributed by atoms with E-state index in [9.17, 15) is 9.59 Å². The van der Waals surface area contributed by atoms with Gasteiger partial charge in [-0.3, -0.25) is 0 Å². The van der Waals surface area contributed by atoms with Crippen LogP contribution in [0.1, 0.15) is 36.8 Å². The van der Waals surface area contributed by atoms with E-state index < -0.39 is 17.7 Å². The van der Waals surface area contributed by atoms with Crippen molar-refractivity contribution in [1.82, 2.24) is 0 Å². The van der Waals surface area contributed by atoms with Crippen molar-refractivity contribution in [3.63, 3.8) is 0 Å². The fraction of sp³-hybridized carbons (Fsp3) is 0.462. The summed E-state index contributed by atoms with van der Waals surface area (Å²) in [4.78, 5) is 23.2. The molecule has 0 unspecified atom stereocenters. The van der Waals surface area contributed by atoms with Crippen molar-refractivity contribution in [2.75, 3.05) is 7.11 Å². The van der Waals surface area contributed by atoms with E-state index in [-0.39, 0.29) is 0 Å². The zero-order chi connectivity index (χ0) is 13.9. The zero-order valence-corrected chi connectivity index (χ0v) is 11.3. The lowest BCUT2D eigenvalue weighted by atomic mass is 10.2. The van der Waals surface area contributed by atoms with E-state index in [1.54, 1.807) is 33.8 Å². The van der Waals surface area contributed by atoms with Gasteiger partial charge >= 0.3 is 12.1 Å². The molecule has 0 fully saturated rings. The standard InChI is InChI=1S/C13H18NO4/c1-9-8-10(11(15)17-5)6-7-14(9)12(16)18-13(2,3)4/h6-8H,1-5H3/q+1. The molecule has 1 heterocycles. The van der Waals surface area contributed by atoms with Crippen molar-refractivity contribution in [3.05, 3.63) is 29.6 Å². The Morgan fingerprint density at radius 3 is 2.33 bits per heavy atom. The fourth-order valence-corrected chi connectivity index (χ4v) is 1.38. The number of rotatable bonds is 1. The van der Waals surface area contributed by atoms with Crippen molar-refractivity contribution in [2.45, 2.75) is 33.3 Å². The molecule has 0 aliphatic carbocycles. The largest absolute Gasteiger partial charge is 0.602 e. The Morgan fingerprint density at radius 2 is 1.89 bits per heavy atom. The summed E-state index contributed by atoms with van der Waals surface area (Å²) < 4.78 is 11.2.